The van der Waals surface area contributed by atoms with Gasteiger partial charge in [-0.25, -0.2) is 0 Å². The molecule has 112 valence electrons. The normalized spacial score (nSPS) is 30.8. The van der Waals surface area contributed by atoms with Gasteiger partial charge in [-0.1, -0.05) is 30.3 Å². The largest absolute Gasteiger partial charge is 0.468 e. The van der Waals surface area contributed by atoms with Crippen LogP contribution in [0.5, 0.6) is 0 Å². The smallest absolute Gasteiger partial charge is 0.324 e. The summed E-state index contributed by atoms with van der Waals surface area (Å²) >= 11 is 0. The first-order valence-electron chi connectivity index (χ1n) is 7.09. The van der Waals surface area contributed by atoms with Gasteiger partial charge in [0.25, 0.3) is 0 Å². The number of esters is 2. The van der Waals surface area contributed by atoms with Crippen molar-refractivity contribution in [3.63, 3.8) is 0 Å². The first-order chi connectivity index (χ1) is 10.2. The van der Waals surface area contributed by atoms with Gasteiger partial charge in [-0.05, 0) is 18.4 Å². The van der Waals surface area contributed by atoms with Crippen LogP contribution in [-0.4, -0.2) is 31.8 Å². The molecule has 1 heterocycles. The van der Waals surface area contributed by atoms with Crippen LogP contribution in [0.3, 0.4) is 0 Å². The molecule has 5 nitrogen and oxygen atoms in total. The van der Waals surface area contributed by atoms with Crippen molar-refractivity contribution in [3.05, 3.63) is 35.9 Å². The Labute approximate surface area is 123 Å². The lowest BCUT2D eigenvalue weighted by molar-refractivity contribution is -0.164. The van der Waals surface area contributed by atoms with Crippen molar-refractivity contribution < 1.29 is 23.8 Å². The topological polar surface area (TPSA) is 61.8 Å². The molecule has 5 heteroatoms. The van der Waals surface area contributed by atoms with Gasteiger partial charge in [0.2, 0.25) is 0 Å². The van der Waals surface area contributed by atoms with Crippen molar-refractivity contribution in [2.45, 2.75) is 25.6 Å². The number of rotatable bonds is 4. The summed E-state index contributed by atoms with van der Waals surface area (Å²) in [5.74, 6) is -1.22. The van der Waals surface area contributed by atoms with Gasteiger partial charge < -0.3 is 14.2 Å². The van der Waals surface area contributed by atoms with Crippen molar-refractivity contribution in [2.24, 2.45) is 11.3 Å². The maximum absolute atomic E-state index is 12.1. The van der Waals surface area contributed by atoms with Crippen LogP contribution in [0.25, 0.3) is 0 Å². The molecule has 2 aliphatic rings. The Morgan fingerprint density at radius 2 is 2.14 bits per heavy atom. The Hall–Kier alpha value is -1.88. The average molecular weight is 290 g/mol. The van der Waals surface area contributed by atoms with Gasteiger partial charge >= 0.3 is 11.9 Å². The summed E-state index contributed by atoms with van der Waals surface area (Å²) in [5.41, 5.74) is -0.0888. The molecule has 0 unspecified atom stereocenters. The lowest BCUT2D eigenvalue weighted by atomic mass is 9.79. The van der Waals surface area contributed by atoms with Crippen molar-refractivity contribution in [3.8, 4) is 0 Å². The summed E-state index contributed by atoms with van der Waals surface area (Å²) in [6.45, 7) is 0.695. The molecule has 3 rings (SSSR count). The first-order valence-corrected chi connectivity index (χ1v) is 7.09. The highest BCUT2D eigenvalue weighted by Crippen LogP contribution is 2.50. The molecule has 1 saturated carbocycles. The zero-order valence-electron chi connectivity index (χ0n) is 11.9. The average Bonchev–Trinajstić information content (AvgIpc) is 3.05. The second-order valence-electron chi connectivity index (χ2n) is 5.54. The third kappa shape index (κ3) is 2.21. The third-order valence-corrected chi connectivity index (χ3v) is 4.52. The second-order valence-corrected chi connectivity index (χ2v) is 5.54. The molecule has 1 saturated heterocycles. The zero-order chi connectivity index (χ0) is 14.9. The quantitative estimate of drug-likeness (QED) is 0.624. The highest BCUT2D eigenvalue weighted by molar-refractivity contribution is 6.02. The summed E-state index contributed by atoms with van der Waals surface area (Å²) in [4.78, 5) is 24.1. The highest BCUT2D eigenvalue weighted by Gasteiger charge is 2.65. The molecule has 0 radical (unpaired) electrons. The van der Waals surface area contributed by atoms with Crippen molar-refractivity contribution in [2.75, 3.05) is 13.7 Å². The van der Waals surface area contributed by atoms with Crippen LogP contribution in [0.2, 0.25) is 0 Å². The lowest BCUT2D eigenvalue weighted by Crippen LogP contribution is -2.41. The van der Waals surface area contributed by atoms with Gasteiger partial charge in [0.15, 0.2) is 5.41 Å². The van der Waals surface area contributed by atoms with Gasteiger partial charge in [0.05, 0.1) is 26.4 Å². The van der Waals surface area contributed by atoms with Gasteiger partial charge in [-0.2, -0.15) is 0 Å². The standard InChI is InChI=1S/C16H18O5/c1-19-14(17)16-8-7-13(12(16)10-21-15(16)18)20-9-11-5-3-2-4-6-11/h2-6,12-13H,7-10H2,1H3/t12-,13+,16+/m1/s1. The van der Waals surface area contributed by atoms with E-state index < -0.39 is 17.4 Å². The van der Waals surface area contributed by atoms with E-state index in [1.165, 1.54) is 7.11 Å². The van der Waals surface area contributed by atoms with E-state index in [1.54, 1.807) is 0 Å². The molecular weight excluding hydrogens is 272 g/mol. The van der Waals surface area contributed by atoms with Crippen LogP contribution in [-0.2, 0) is 30.4 Å². The highest BCUT2D eigenvalue weighted by atomic mass is 16.6. The number of fused-ring (bicyclic) bond motifs is 1. The predicted octanol–water partition coefficient (Wildman–Crippen LogP) is 1.70. The van der Waals surface area contributed by atoms with Gasteiger partial charge in [-0.3, -0.25) is 9.59 Å². The van der Waals surface area contributed by atoms with E-state index in [4.69, 9.17) is 14.2 Å². The van der Waals surface area contributed by atoms with Crippen LogP contribution in [0, 0.1) is 11.3 Å². The van der Waals surface area contributed by atoms with Crippen LogP contribution >= 0.6 is 0 Å². The van der Waals surface area contributed by atoms with Crippen molar-refractivity contribution in [1.29, 1.82) is 0 Å². The zero-order valence-corrected chi connectivity index (χ0v) is 11.9. The number of hydrogen-bond acceptors (Lipinski definition) is 5. The van der Waals surface area contributed by atoms with E-state index >= 15 is 0 Å². The van der Waals surface area contributed by atoms with Crippen LogP contribution in [0.4, 0.5) is 0 Å². The van der Waals surface area contributed by atoms with Crippen molar-refractivity contribution in [1.82, 2.24) is 0 Å². The predicted molar refractivity (Wildman–Crippen MR) is 73.2 cm³/mol. The molecule has 1 aromatic carbocycles. The third-order valence-electron chi connectivity index (χ3n) is 4.52. The first kappa shape index (κ1) is 14.1. The minimum absolute atomic E-state index is 0.157. The van der Waals surface area contributed by atoms with E-state index in [-0.39, 0.29) is 18.6 Å². The molecule has 0 aromatic heterocycles. The maximum Gasteiger partial charge on any atom is 0.324 e. The number of ether oxygens (including phenoxy) is 3. The molecule has 0 spiro atoms. The molecule has 0 bridgehead atoms. The van der Waals surface area contributed by atoms with Gasteiger partial charge in [0, 0.05) is 5.92 Å². The second kappa shape index (κ2) is 5.48. The number of hydrogen-bond donors (Lipinski definition) is 0. The Morgan fingerprint density at radius 1 is 1.38 bits per heavy atom. The molecule has 0 amide bonds. The lowest BCUT2D eigenvalue weighted by Gasteiger charge is -2.23. The summed E-state index contributed by atoms with van der Waals surface area (Å²) < 4.78 is 15.9. The van der Waals surface area contributed by atoms with E-state index in [9.17, 15) is 9.59 Å². The molecule has 3 atom stereocenters. The molecule has 21 heavy (non-hydrogen) atoms. The van der Waals surface area contributed by atoms with Crippen LogP contribution in [0.1, 0.15) is 18.4 Å². The molecule has 0 N–H and O–H groups in total. The van der Waals surface area contributed by atoms with Crippen LogP contribution in [0.15, 0.2) is 30.3 Å². The SMILES string of the molecule is COC(=O)[C@]12CC[C@H](OCc3ccccc3)[C@H]1COC2=O. The molecule has 2 fully saturated rings. The minimum Gasteiger partial charge on any atom is -0.468 e. The molecule has 1 aliphatic carbocycles. The summed E-state index contributed by atoms with van der Waals surface area (Å²) in [6.07, 6.45) is 0.945. The monoisotopic (exact) mass is 290 g/mol. The van der Waals surface area contributed by atoms with E-state index in [2.05, 4.69) is 0 Å². The number of carbonyl (C=O) groups is 2. The summed E-state index contributed by atoms with van der Waals surface area (Å²) in [5, 5.41) is 0. The fourth-order valence-corrected chi connectivity index (χ4v) is 3.37. The fraction of sp³-hybridized carbons (Fsp3) is 0.500. The van der Waals surface area contributed by atoms with Gasteiger partial charge in [0.1, 0.15) is 0 Å². The number of methoxy groups -OCH3 is 1. The van der Waals surface area contributed by atoms with E-state index in [1.807, 2.05) is 30.3 Å². The fourth-order valence-electron chi connectivity index (χ4n) is 3.37. The number of benzene rings is 1. The number of cyclic esters (lactones) is 1. The minimum atomic E-state index is -1.16. The van der Waals surface area contributed by atoms with Crippen molar-refractivity contribution >= 4 is 11.9 Å². The Kier molecular flexibility index (Phi) is 3.68. The summed E-state index contributed by atoms with van der Waals surface area (Å²) in [7, 11) is 1.30. The Balaban J connectivity index is 1.72. The van der Waals surface area contributed by atoms with Crippen LogP contribution < -0.4 is 0 Å². The van der Waals surface area contributed by atoms with E-state index in [0.29, 0.717) is 19.4 Å². The van der Waals surface area contributed by atoms with Gasteiger partial charge in [-0.15, -0.1) is 0 Å². The molecular formula is C16H18O5. The molecule has 1 aliphatic heterocycles. The summed E-state index contributed by atoms with van der Waals surface area (Å²) in [6, 6.07) is 9.82. The molecule has 1 aromatic rings. The maximum atomic E-state index is 12.1. The number of carbonyl (C=O) groups excluding carboxylic acids is 2. The van der Waals surface area contributed by atoms with E-state index in [0.717, 1.165) is 5.56 Å². The Morgan fingerprint density at radius 3 is 2.86 bits per heavy atom. The Bertz CT molecular complexity index is 541.